The summed E-state index contributed by atoms with van der Waals surface area (Å²) < 4.78 is 36.4. The number of alkyl halides is 1. The van der Waals surface area contributed by atoms with Gasteiger partial charge in [-0.05, 0) is 90.9 Å². The number of benzene rings is 3. The van der Waals surface area contributed by atoms with Crippen LogP contribution in [0.1, 0.15) is 25.8 Å². The van der Waals surface area contributed by atoms with Gasteiger partial charge in [-0.1, -0.05) is 26.0 Å². The first kappa shape index (κ1) is 34.4. The first-order valence-electron chi connectivity index (χ1n) is 14.3. The van der Waals surface area contributed by atoms with Crippen LogP contribution < -0.4 is 20.9 Å². The molecule has 240 valence electrons. The fourth-order valence-corrected chi connectivity index (χ4v) is 5.37. The van der Waals surface area contributed by atoms with Crippen molar-refractivity contribution in [2.24, 2.45) is 0 Å². The highest BCUT2D eigenvalue weighted by Crippen LogP contribution is 2.48. The fourth-order valence-electron chi connectivity index (χ4n) is 4.98. The Labute approximate surface area is 275 Å². The Morgan fingerprint density at radius 1 is 0.913 bits per heavy atom. The third kappa shape index (κ3) is 8.63. The van der Waals surface area contributed by atoms with E-state index in [9.17, 15) is 27.7 Å². The van der Waals surface area contributed by atoms with E-state index >= 15 is 0 Å². The number of hydrogen-bond donors (Lipinski definition) is 4. The lowest BCUT2D eigenvalue weighted by Gasteiger charge is -2.27. The number of carbonyl (C=O) groups is 3. The number of anilines is 3. The van der Waals surface area contributed by atoms with Gasteiger partial charge in [0.25, 0.3) is 11.8 Å². The van der Waals surface area contributed by atoms with Crippen molar-refractivity contribution in [3.63, 3.8) is 0 Å². The summed E-state index contributed by atoms with van der Waals surface area (Å²) in [7, 11) is 0. The van der Waals surface area contributed by atoms with Gasteiger partial charge in [0.1, 0.15) is 23.1 Å². The number of fused-ring (bicyclic) bond motifs is 1. The van der Waals surface area contributed by atoms with Crippen molar-refractivity contribution in [1.82, 2.24) is 5.32 Å². The summed E-state index contributed by atoms with van der Waals surface area (Å²) in [6.45, 7) is 5.12. The number of rotatable bonds is 12. The van der Waals surface area contributed by atoms with E-state index in [1.54, 1.807) is 12.2 Å². The van der Waals surface area contributed by atoms with E-state index in [-0.39, 0.29) is 17.4 Å². The first-order valence-corrected chi connectivity index (χ1v) is 15.6. The molecule has 0 aliphatic carbocycles. The maximum atomic E-state index is 13.4. The SMILES string of the molecule is CC1(C)/C(=C\C=C\C=C(C(=O)Nc2ccc(F)cc2)C(=O)Nc2ccc(F)cc2)N(CCCNC(=O)CCl)c2ccc(SO)cc21. The molecular weight excluding hydrogens is 634 g/mol. The van der Waals surface area contributed by atoms with Gasteiger partial charge in [0, 0.05) is 58.2 Å². The number of nitrogens with zero attached hydrogens (tertiary/aromatic N) is 1. The van der Waals surface area contributed by atoms with E-state index in [0.717, 1.165) is 16.9 Å². The van der Waals surface area contributed by atoms with Gasteiger partial charge < -0.3 is 25.4 Å². The number of halogens is 3. The second-order valence-corrected chi connectivity index (χ2v) is 11.7. The van der Waals surface area contributed by atoms with Crippen LogP contribution in [0.5, 0.6) is 0 Å². The zero-order valence-electron chi connectivity index (χ0n) is 25.1. The second-order valence-electron chi connectivity index (χ2n) is 10.8. The highest BCUT2D eigenvalue weighted by molar-refractivity contribution is 7.93. The van der Waals surface area contributed by atoms with Crippen LogP contribution >= 0.6 is 23.6 Å². The Bertz CT molecular complexity index is 1610. The average Bonchev–Trinajstić information content (AvgIpc) is 3.25. The van der Waals surface area contributed by atoms with Gasteiger partial charge in [0.2, 0.25) is 5.91 Å². The minimum absolute atomic E-state index is 0.115. The van der Waals surface area contributed by atoms with Gasteiger partial charge in [-0.3, -0.25) is 14.4 Å². The molecule has 4 rings (SSSR count). The van der Waals surface area contributed by atoms with E-state index < -0.39 is 28.9 Å². The average molecular weight is 667 g/mol. The maximum absolute atomic E-state index is 13.4. The molecule has 1 heterocycles. The lowest BCUT2D eigenvalue weighted by Crippen LogP contribution is -2.31. The van der Waals surface area contributed by atoms with Gasteiger partial charge in [-0.15, -0.1) is 11.6 Å². The van der Waals surface area contributed by atoms with Crippen molar-refractivity contribution in [2.45, 2.75) is 30.6 Å². The normalized spacial score (nSPS) is 14.2. The van der Waals surface area contributed by atoms with Crippen LogP contribution in [-0.4, -0.2) is 41.2 Å². The third-order valence-corrected chi connectivity index (χ3v) is 8.00. The van der Waals surface area contributed by atoms with Gasteiger partial charge in [0.15, 0.2) is 0 Å². The quantitative estimate of drug-likeness (QED) is 0.0315. The summed E-state index contributed by atoms with van der Waals surface area (Å²) in [4.78, 5) is 40.8. The van der Waals surface area contributed by atoms with Crippen LogP contribution in [0.3, 0.4) is 0 Å². The van der Waals surface area contributed by atoms with E-state index in [2.05, 4.69) is 34.7 Å². The van der Waals surface area contributed by atoms with E-state index in [4.69, 9.17) is 11.6 Å². The zero-order chi connectivity index (χ0) is 33.3. The smallest absolute Gasteiger partial charge is 0.261 e. The second kappa shape index (κ2) is 15.7. The Kier molecular flexibility index (Phi) is 11.8. The molecule has 3 aromatic rings. The largest absolute Gasteiger partial charge is 0.355 e. The molecular formula is C34H33ClF2N4O4S. The van der Waals surface area contributed by atoms with Crippen LogP contribution in [0.15, 0.2) is 107 Å². The molecule has 1 aliphatic heterocycles. The Morgan fingerprint density at radius 3 is 2.04 bits per heavy atom. The van der Waals surface area contributed by atoms with E-state index in [1.807, 2.05) is 24.3 Å². The summed E-state index contributed by atoms with van der Waals surface area (Å²) in [5, 5.41) is 7.97. The van der Waals surface area contributed by atoms with Gasteiger partial charge in [0.05, 0.1) is 0 Å². The molecule has 0 spiro atoms. The topological polar surface area (TPSA) is 111 Å². The number of nitrogens with one attached hydrogen (secondary N) is 3. The molecule has 12 heteroatoms. The number of amides is 3. The Morgan fingerprint density at radius 2 is 1.50 bits per heavy atom. The van der Waals surface area contributed by atoms with Crippen molar-refractivity contribution in [3.8, 4) is 0 Å². The fraction of sp³-hybridized carbons (Fsp3) is 0.206. The molecule has 0 fully saturated rings. The number of allylic oxidation sites excluding steroid dienone is 5. The molecule has 0 aromatic heterocycles. The molecule has 8 nitrogen and oxygen atoms in total. The van der Waals surface area contributed by atoms with Gasteiger partial charge in [-0.25, -0.2) is 8.78 Å². The highest BCUT2D eigenvalue weighted by Gasteiger charge is 2.39. The maximum Gasteiger partial charge on any atom is 0.261 e. The third-order valence-electron chi connectivity index (χ3n) is 7.29. The molecule has 0 bridgehead atoms. The predicted molar refractivity (Wildman–Crippen MR) is 179 cm³/mol. The Balaban J connectivity index is 1.63. The zero-order valence-corrected chi connectivity index (χ0v) is 26.7. The van der Waals surface area contributed by atoms with Crippen molar-refractivity contribution < 1.29 is 27.7 Å². The summed E-state index contributed by atoms with van der Waals surface area (Å²) in [5.74, 6) is -2.77. The summed E-state index contributed by atoms with van der Waals surface area (Å²) in [6.07, 6.45) is 7.14. The van der Waals surface area contributed by atoms with Crippen molar-refractivity contribution in [1.29, 1.82) is 0 Å². The Hall–Kier alpha value is -4.45. The van der Waals surface area contributed by atoms with Crippen LogP contribution in [0, 0.1) is 11.6 Å². The monoisotopic (exact) mass is 666 g/mol. The van der Waals surface area contributed by atoms with Gasteiger partial charge in [-0.2, -0.15) is 0 Å². The molecule has 1 aliphatic rings. The molecule has 3 aromatic carbocycles. The van der Waals surface area contributed by atoms with Crippen LogP contribution in [0.2, 0.25) is 0 Å². The predicted octanol–water partition coefficient (Wildman–Crippen LogP) is 7.02. The highest BCUT2D eigenvalue weighted by atomic mass is 35.5. The molecule has 4 N–H and O–H groups in total. The van der Waals surface area contributed by atoms with E-state index in [0.29, 0.717) is 47.8 Å². The van der Waals surface area contributed by atoms with Gasteiger partial charge >= 0.3 is 0 Å². The summed E-state index contributed by atoms with van der Waals surface area (Å²) >= 11 is 6.26. The van der Waals surface area contributed by atoms with Crippen LogP contribution in [-0.2, 0) is 19.8 Å². The molecule has 3 amide bonds. The van der Waals surface area contributed by atoms with Crippen molar-refractivity contribution in [3.05, 3.63) is 120 Å². The minimum Gasteiger partial charge on any atom is -0.355 e. The molecule has 0 atom stereocenters. The summed E-state index contributed by atoms with van der Waals surface area (Å²) in [5.41, 5.74) is 2.75. The molecule has 0 saturated heterocycles. The molecule has 46 heavy (non-hydrogen) atoms. The minimum atomic E-state index is -0.730. The summed E-state index contributed by atoms with van der Waals surface area (Å²) in [6, 6.07) is 15.9. The van der Waals surface area contributed by atoms with Crippen molar-refractivity contribution in [2.75, 3.05) is 34.5 Å². The van der Waals surface area contributed by atoms with Crippen LogP contribution in [0.25, 0.3) is 0 Å². The standard InChI is InChI=1S/C34H33ClF2N4O4S/c1-34(2)28-20-26(46-45)16-17-29(28)41(19-5-18-38-31(42)21-35)30(34)7-4-3-6-27(32(43)39-24-12-8-22(36)9-13-24)33(44)40-25-14-10-23(37)11-15-25/h3-4,6-17,20,45H,5,18-19,21H2,1-2H3,(H,38,42)(H,39,43)(H,40,44)/b4-3+,30-7+. The lowest BCUT2D eigenvalue weighted by molar-refractivity contribution is -0.119. The lowest BCUT2D eigenvalue weighted by atomic mass is 9.83. The molecule has 0 unspecified atom stereocenters. The van der Waals surface area contributed by atoms with Crippen molar-refractivity contribution >= 4 is 58.4 Å². The number of hydrogen-bond acceptors (Lipinski definition) is 6. The van der Waals surface area contributed by atoms with Crippen LogP contribution in [0.4, 0.5) is 25.8 Å². The number of carbonyl (C=O) groups excluding carboxylic acids is 3. The molecule has 0 radical (unpaired) electrons. The van der Waals surface area contributed by atoms with E-state index in [1.165, 1.54) is 54.6 Å². The first-order chi connectivity index (χ1) is 22.0. The molecule has 0 saturated carbocycles.